The minimum Gasteiger partial charge on any atom is -0.427 e. The molecule has 1 aliphatic heterocycles. The first-order valence-corrected chi connectivity index (χ1v) is 6.60. The Kier molecular flexibility index (Phi) is 3.33. The zero-order chi connectivity index (χ0) is 16.7. The van der Waals surface area contributed by atoms with Gasteiger partial charge in [-0.15, -0.1) is 0 Å². The Morgan fingerprint density at radius 2 is 1.48 bits per heavy atom. The number of carbonyl (C=O) groups excluding carboxylic acids is 4. The molecule has 0 saturated carbocycles. The van der Waals surface area contributed by atoms with E-state index in [4.69, 9.17) is 9.47 Å². The molecule has 0 fully saturated rings. The summed E-state index contributed by atoms with van der Waals surface area (Å²) in [6, 6.07) is 5.70. The van der Waals surface area contributed by atoms with E-state index in [1.54, 1.807) is 0 Å². The molecule has 1 aliphatic rings. The van der Waals surface area contributed by atoms with E-state index in [1.165, 1.54) is 38.1 Å². The van der Waals surface area contributed by atoms with Crippen molar-refractivity contribution in [3.8, 4) is 11.5 Å². The van der Waals surface area contributed by atoms with Crippen molar-refractivity contribution < 1.29 is 33.4 Å². The Morgan fingerprint density at radius 1 is 0.870 bits per heavy atom. The first-order chi connectivity index (χ1) is 10.8. The summed E-state index contributed by atoms with van der Waals surface area (Å²) < 4.78 is 14.7. The number of hydrogen-bond donors (Lipinski definition) is 0. The van der Waals surface area contributed by atoms with Crippen LogP contribution in [0.5, 0.6) is 11.5 Å². The molecule has 7 nitrogen and oxygen atoms in total. The zero-order valence-corrected chi connectivity index (χ0v) is 12.2. The van der Waals surface area contributed by atoms with Crippen molar-refractivity contribution in [2.75, 3.05) is 0 Å². The van der Waals surface area contributed by atoms with E-state index in [1.807, 2.05) is 0 Å². The molecule has 0 N–H and O–H groups in total. The number of fused-ring (bicyclic) bond motifs is 2. The van der Waals surface area contributed by atoms with Crippen LogP contribution < -0.4 is 9.47 Å². The summed E-state index contributed by atoms with van der Waals surface area (Å²) in [5.41, 5.74) is 0.201. The SMILES string of the molecule is CC(=O)Oc1cc(OC(C)=O)c2cc3c(cc2c1)C(=O)OC3=O. The molecule has 0 bridgehead atoms. The lowest BCUT2D eigenvalue weighted by molar-refractivity contribution is -0.132. The summed E-state index contributed by atoms with van der Waals surface area (Å²) in [5, 5.41) is 0.881. The molecule has 0 spiro atoms. The van der Waals surface area contributed by atoms with Crippen molar-refractivity contribution in [3.63, 3.8) is 0 Å². The number of benzene rings is 2. The molecule has 7 heteroatoms. The number of ether oxygens (including phenoxy) is 3. The van der Waals surface area contributed by atoms with Crippen LogP contribution in [-0.4, -0.2) is 23.9 Å². The molecule has 2 aromatic carbocycles. The summed E-state index contributed by atoms with van der Waals surface area (Å²) in [4.78, 5) is 45.7. The normalized spacial score (nSPS) is 12.8. The van der Waals surface area contributed by atoms with Gasteiger partial charge in [0.1, 0.15) is 11.5 Å². The average molecular weight is 314 g/mol. The van der Waals surface area contributed by atoms with Crippen LogP contribution in [0.15, 0.2) is 24.3 Å². The van der Waals surface area contributed by atoms with Crippen molar-refractivity contribution in [1.29, 1.82) is 0 Å². The van der Waals surface area contributed by atoms with Gasteiger partial charge in [0.15, 0.2) is 0 Å². The molecule has 0 aliphatic carbocycles. The lowest BCUT2D eigenvalue weighted by atomic mass is 10.0. The maximum atomic E-state index is 11.6. The van der Waals surface area contributed by atoms with E-state index in [9.17, 15) is 19.2 Å². The van der Waals surface area contributed by atoms with Crippen LogP contribution in [0.4, 0.5) is 0 Å². The monoisotopic (exact) mass is 314 g/mol. The van der Waals surface area contributed by atoms with Gasteiger partial charge >= 0.3 is 23.9 Å². The van der Waals surface area contributed by atoms with Crippen molar-refractivity contribution in [2.24, 2.45) is 0 Å². The zero-order valence-electron chi connectivity index (χ0n) is 12.2. The summed E-state index contributed by atoms with van der Waals surface area (Å²) in [6.45, 7) is 2.45. The van der Waals surface area contributed by atoms with Crippen LogP contribution in [-0.2, 0) is 14.3 Å². The van der Waals surface area contributed by atoms with Gasteiger partial charge in [-0.05, 0) is 23.6 Å². The average Bonchev–Trinajstić information content (AvgIpc) is 2.70. The lowest BCUT2D eigenvalue weighted by Gasteiger charge is -2.10. The van der Waals surface area contributed by atoms with Gasteiger partial charge < -0.3 is 14.2 Å². The number of hydrogen-bond acceptors (Lipinski definition) is 7. The fourth-order valence-corrected chi connectivity index (χ4v) is 2.35. The molecule has 0 amide bonds. The number of cyclic esters (lactones) is 2. The minimum atomic E-state index is -0.760. The van der Waals surface area contributed by atoms with E-state index in [0.29, 0.717) is 10.8 Å². The lowest BCUT2D eigenvalue weighted by Crippen LogP contribution is -2.05. The molecule has 23 heavy (non-hydrogen) atoms. The highest BCUT2D eigenvalue weighted by Gasteiger charge is 2.30. The number of esters is 4. The number of carbonyl (C=O) groups is 4. The van der Waals surface area contributed by atoms with Crippen molar-refractivity contribution in [1.82, 2.24) is 0 Å². The molecule has 2 aromatic rings. The minimum absolute atomic E-state index is 0.0936. The topological polar surface area (TPSA) is 96.0 Å². The van der Waals surface area contributed by atoms with Crippen molar-refractivity contribution in [3.05, 3.63) is 35.4 Å². The van der Waals surface area contributed by atoms with E-state index < -0.39 is 23.9 Å². The third kappa shape index (κ3) is 2.64. The van der Waals surface area contributed by atoms with Gasteiger partial charge in [-0.2, -0.15) is 0 Å². The molecule has 0 saturated heterocycles. The molecule has 0 atom stereocenters. The van der Waals surface area contributed by atoms with E-state index >= 15 is 0 Å². The highest BCUT2D eigenvalue weighted by Crippen LogP contribution is 2.35. The fraction of sp³-hybridized carbons (Fsp3) is 0.125. The fourth-order valence-electron chi connectivity index (χ4n) is 2.35. The molecular weight excluding hydrogens is 304 g/mol. The molecule has 0 unspecified atom stereocenters. The third-order valence-corrected chi connectivity index (χ3v) is 3.17. The maximum absolute atomic E-state index is 11.6. The van der Waals surface area contributed by atoms with Crippen LogP contribution in [0.1, 0.15) is 34.6 Å². The van der Waals surface area contributed by atoms with Gasteiger partial charge in [0.25, 0.3) is 0 Å². The highest BCUT2D eigenvalue weighted by atomic mass is 16.6. The van der Waals surface area contributed by atoms with Gasteiger partial charge in [-0.25, -0.2) is 9.59 Å². The smallest absolute Gasteiger partial charge is 0.346 e. The van der Waals surface area contributed by atoms with Gasteiger partial charge in [-0.1, -0.05) is 0 Å². The Hall–Kier alpha value is -3.22. The van der Waals surface area contributed by atoms with Crippen LogP contribution in [0, 0.1) is 0 Å². The molecular formula is C16H10O7. The highest BCUT2D eigenvalue weighted by molar-refractivity contribution is 6.17. The second kappa shape index (κ2) is 5.20. The predicted molar refractivity (Wildman–Crippen MR) is 76.3 cm³/mol. The Labute approximate surface area is 129 Å². The van der Waals surface area contributed by atoms with Gasteiger partial charge in [-0.3, -0.25) is 9.59 Å². The second-order valence-corrected chi connectivity index (χ2v) is 4.90. The van der Waals surface area contributed by atoms with Crippen LogP contribution >= 0.6 is 0 Å². The van der Waals surface area contributed by atoms with Gasteiger partial charge in [0.2, 0.25) is 0 Å². The Morgan fingerprint density at radius 3 is 2.09 bits per heavy atom. The van der Waals surface area contributed by atoms with Crippen molar-refractivity contribution in [2.45, 2.75) is 13.8 Å². The van der Waals surface area contributed by atoms with E-state index in [-0.39, 0.29) is 22.6 Å². The quantitative estimate of drug-likeness (QED) is 0.475. The molecule has 3 rings (SSSR count). The Bertz CT molecular complexity index is 895. The number of rotatable bonds is 2. The molecule has 0 radical (unpaired) electrons. The Balaban J connectivity index is 2.26. The third-order valence-electron chi connectivity index (χ3n) is 3.17. The van der Waals surface area contributed by atoms with Crippen molar-refractivity contribution >= 4 is 34.6 Å². The van der Waals surface area contributed by atoms with Crippen LogP contribution in [0.2, 0.25) is 0 Å². The van der Waals surface area contributed by atoms with Gasteiger partial charge in [0, 0.05) is 25.3 Å². The molecule has 0 aromatic heterocycles. The van der Waals surface area contributed by atoms with E-state index in [2.05, 4.69) is 4.74 Å². The predicted octanol–water partition coefficient (Wildman–Crippen LogP) is 2.00. The van der Waals surface area contributed by atoms with Gasteiger partial charge in [0.05, 0.1) is 11.1 Å². The summed E-state index contributed by atoms with van der Waals surface area (Å²) in [6.07, 6.45) is 0. The first-order valence-electron chi connectivity index (χ1n) is 6.60. The summed E-state index contributed by atoms with van der Waals surface area (Å²) >= 11 is 0. The van der Waals surface area contributed by atoms with Crippen LogP contribution in [0.25, 0.3) is 10.8 Å². The molecule has 1 heterocycles. The van der Waals surface area contributed by atoms with Crippen LogP contribution in [0.3, 0.4) is 0 Å². The van der Waals surface area contributed by atoms with E-state index in [0.717, 1.165) is 0 Å². The second-order valence-electron chi connectivity index (χ2n) is 4.90. The molecule has 116 valence electrons. The largest absolute Gasteiger partial charge is 0.427 e. The maximum Gasteiger partial charge on any atom is 0.346 e. The standard InChI is InChI=1S/C16H10O7/c1-7(17)21-10-3-9-4-12-13(16(20)23-15(12)19)6-11(9)14(5-10)22-8(2)18/h3-6H,1-2H3. The summed E-state index contributed by atoms with van der Waals surface area (Å²) in [7, 11) is 0. The first kappa shape index (κ1) is 14.7. The summed E-state index contributed by atoms with van der Waals surface area (Å²) in [5.74, 6) is -2.37.